The van der Waals surface area contributed by atoms with Gasteiger partial charge in [-0.25, -0.2) is 0 Å². The van der Waals surface area contributed by atoms with Gasteiger partial charge in [0.1, 0.15) is 11.8 Å². The molecule has 2 aliphatic heterocycles. The number of carbonyl (C=O) groups is 4. The number of rotatable bonds is 10. The Labute approximate surface area is 249 Å². The van der Waals surface area contributed by atoms with E-state index in [9.17, 15) is 27.6 Å². The van der Waals surface area contributed by atoms with Gasteiger partial charge in [-0.1, -0.05) is 25.1 Å². The summed E-state index contributed by atoms with van der Waals surface area (Å²) in [4.78, 5) is 53.7. The molecule has 12 heteroatoms. The van der Waals surface area contributed by atoms with Crippen molar-refractivity contribution in [2.75, 3.05) is 18.6 Å². The van der Waals surface area contributed by atoms with Crippen molar-refractivity contribution in [2.45, 2.75) is 50.6 Å². The van der Waals surface area contributed by atoms with Crippen molar-refractivity contribution in [3.05, 3.63) is 82.9 Å². The Bertz CT molecular complexity index is 1720. The van der Waals surface area contributed by atoms with E-state index >= 15 is 0 Å². The first-order chi connectivity index (χ1) is 20.5. The zero-order chi connectivity index (χ0) is 30.9. The maximum absolute atomic E-state index is 13.5. The predicted molar refractivity (Wildman–Crippen MR) is 157 cm³/mol. The SMILES string of the molecule is CCCOS(=O)(=O)c1ccc(C)c(N(Cc2ccc(OC)cc2)c2ccc3c(c2)C(=O)N(C2CCC(=O)NC2=O)C3=O)c1. The fourth-order valence-electron chi connectivity index (χ4n) is 5.15. The number of anilines is 2. The van der Waals surface area contributed by atoms with E-state index < -0.39 is 39.8 Å². The normalized spacial score (nSPS) is 16.7. The number of ether oxygens (including phenoxy) is 1. The van der Waals surface area contributed by atoms with E-state index in [-0.39, 0.29) is 42.0 Å². The summed E-state index contributed by atoms with van der Waals surface area (Å²) < 4.78 is 36.3. The first-order valence-electron chi connectivity index (χ1n) is 13.8. The Kier molecular flexibility index (Phi) is 8.34. The average molecular weight is 606 g/mol. The first-order valence-corrected chi connectivity index (χ1v) is 15.2. The minimum atomic E-state index is -4.02. The lowest BCUT2D eigenvalue weighted by atomic mass is 10.0. The molecular weight excluding hydrogens is 574 g/mol. The molecule has 4 amide bonds. The van der Waals surface area contributed by atoms with Crippen LogP contribution in [0.1, 0.15) is 58.0 Å². The average Bonchev–Trinajstić information content (AvgIpc) is 3.24. The van der Waals surface area contributed by atoms with E-state index in [1.807, 2.05) is 43.0 Å². The van der Waals surface area contributed by atoms with Gasteiger partial charge >= 0.3 is 0 Å². The number of nitrogens with one attached hydrogen (secondary N) is 1. The number of aryl methyl sites for hydroxylation is 1. The van der Waals surface area contributed by atoms with Crippen LogP contribution in [0, 0.1) is 6.92 Å². The number of fused-ring (bicyclic) bond motifs is 1. The summed E-state index contributed by atoms with van der Waals surface area (Å²) in [6.45, 7) is 3.98. The number of hydrogen-bond donors (Lipinski definition) is 1. The van der Waals surface area contributed by atoms with Crippen LogP contribution in [0.3, 0.4) is 0 Å². The van der Waals surface area contributed by atoms with Crippen LogP contribution in [-0.4, -0.2) is 56.7 Å². The van der Waals surface area contributed by atoms with Crippen LogP contribution in [0.2, 0.25) is 0 Å². The standard InChI is InChI=1S/C31H31N3O8S/c1-4-15-42-43(39,40)23-11-5-19(2)27(17-23)33(18-20-6-9-22(41-3)10-7-20)21-8-12-24-25(16-21)31(38)34(30(24)37)26-13-14-28(35)32-29(26)36/h5-12,16-17,26H,4,13-15,18H2,1-3H3,(H,32,35,36). The fourth-order valence-corrected chi connectivity index (χ4v) is 6.17. The quantitative estimate of drug-likeness (QED) is 0.270. The third kappa shape index (κ3) is 5.88. The largest absolute Gasteiger partial charge is 0.497 e. The number of imide groups is 2. The van der Waals surface area contributed by atoms with Crippen molar-refractivity contribution in [1.82, 2.24) is 10.2 Å². The van der Waals surface area contributed by atoms with Crippen molar-refractivity contribution < 1.29 is 36.5 Å². The number of methoxy groups -OCH3 is 1. The Morgan fingerprint density at radius 2 is 1.67 bits per heavy atom. The number of benzene rings is 3. The van der Waals surface area contributed by atoms with Gasteiger partial charge in [0.2, 0.25) is 11.8 Å². The van der Waals surface area contributed by atoms with Crippen LogP contribution in [0.25, 0.3) is 0 Å². The van der Waals surface area contributed by atoms with Gasteiger partial charge in [0, 0.05) is 24.3 Å². The molecule has 11 nitrogen and oxygen atoms in total. The van der Waals surface area contributed by atoms with Gasteiger partial charge in [-0.05, 0) is 73.4 Å². The molecule has 0 aromatic heterocycles. The highest BCUT2D eigenvalue weighted by Crippen LogP contribution is 2.36. The molecular formula is C31H31N3O8S. The minimum absolute atomic E-state index is 0.0160. The van der Waals surface area contributed by atoms with E-state index in [0.717, 1.165) is 16.0 Å². The van der Waals surface area contributed by atoms with Crippen LogP contribution < -0.4 is 15.0 Å². The van der Waals surface area contributed by atoms with Crippen LogP contribution in [-0.2, 0) is 30.4 Å². The highest BCUT2D eigenvalue weighted by atomic mass is 32.2. The number of carbonyl (C=O) groups excluding carboxylic acids is 4. The van der Waals surface area contributed by atoms with Gasteiger partial charge in [-0.3, -0.25) is 33.6 Å². The third-order valence-electron chi connectivity index (χ3n) is 7.44. The molecule has 1 fully saturated rings. The summed E-state index contributed by atoms with van der Waals surface area (Å²) in [6, 6.07) is 15.7. The van der Waals surface area contributed by atoms with Crippen LogP contribution in [0.4, 0.5) is 11.4 Å². The van der Waals surface area contributed by atoms with Gasteiger partial charge < -0.3 is 9.64 Å². The van der Waals surface area contributed by atoms with Gasteiger partial charge in [0.15, 0.2) is 0 Å². The van der Waals surface area contributed by atoms with Gasteiger partial charge in [0.05, 0.1) is 29.7 Å². The molecule has 1 saturated heterocycles. The van der Waals surface area contributed by atoms with Gasteiger partial charge in [0.25, 0.3) is 21.9 Å². The molecule has 1 unspecified atom stereocenters. The van der Waals surface area contributed by atoms with Gasteiger partial charge in [-0.15, -0.1) is 0 Å². The molecule has 2 aliphatic rings. The summed E-state index contributed by atoms with van der Waals surface area (Å²) in [5.74, 6) is -1.72. The topological polar surface area (TPSA) is 139 Å². The van der Waals surface area contributed by atoms with E-state index in [0.29, 0.717) is 23.5 Å². The first kappa shape index (κ1) is 29.9. The number of amides is 4. The zero-order valence-corrected chi connectivity index (χ0v) is 24.8. The molecule has 2 heterocycles. The fraction of sp³-hybridized carbons (Fsp3) is 0.290. The van der Waals surface area contributed by atoms with Crippen LogP contribution in [0.15, 0.2) is 65.6 Å². The maximum atomic E-state index is 13.5. The van der Waals surface area contributed by atoms with Crippen molar-refractivity contribution in [3.8, 4) is 5.75 Å². The molecule has 0 spiro atoms. The summed E-state index contributed by atoms with van der Waals surface area (Å²) in [7, 11) is -2.46. The predicted octanol–water partition coefficient (Wildman–Crippen LogP) is 3.86. The lowest BCUT2D eigenvalue weighted by Gasteiger charge is -2.28. The Hall–Kier alpha value is -4.55. The second-order valence-electron chi connectivity index (χ2n) is 10.3. The Balaban J connectivity index is 1.57. The number of piperidine rings is 1. The Morgan fingerprint density at radius 1 is 0.953 bits per heavy atom. The Morgan fingerprint density at radius 3 is 2.35 bits per heavy atom. The number of hydrogen-bond acceptors (Lipinski definition) is 9. The third-order valence-corrected chi connectivity index (χ3v) is 8.75. The smallest absolute Gasteiger partial charge is 0.297 e. The molecule has 224 valence electrons. The van der Waals surface area contributed by atoms with Crippen LogP contribution >= 0.6 is 0 Å². The minimum Gasteiger partial charge on any atom is -0.497 e. The molecule has 0 saturated carbocycles. The summed E-state index contributed by atoms with van der Waals surface area (Å²) in [5, 5.41) is 2.20. The molecule has 1 N–H and O–H groups in total. The van der Waals surface area contributed by atoms with E-state index in [1.165, 1.54) is 18.2 Å². The molecule has 43 heavy (non-hydrogen) atoms. The molecule has 1 atom stereocenters. The number of nitrogens with zero attached hydrogens (tertiary/aromatic N) is 2. The zero-order valence-electron chi connectivity index (χ0n) is 24.0. The molecule has 5 rings (SSSR count). The monoisotopic (exact) mass is 605 g/mol. The van der Waals surface area contributed by atoms with E-state index in [4.69, 9.17) is 8.92 Å². The molecule has 0 bridgehead atoms. The molecule has 0 radical (unpaired) electrons. The van der Waals surface area contributed by atoms with Crippen LogP contribution in [0.5, 0.6) is 5.75 Å². The summed E-state index contributed by atoms with van der Waals surface area (Å²) in [5.41, 5.74) is 2.95. The second-order valence-corrected chi connectivity index (χ2v) is 12.0. The summed E-state index contributed by atoms with van der Waals surface area (Å²) in [6.07, 6.45) is 0.595. The van der Waals surface area contributed by atoms with E-state index in [1.54, 1.807) is 25.3 Å². The molecule has 3 aromatic carbocycles. The lowest BCUT2D eigenvalue weighted by molar-refractivity contribution is -0.136. The van der Waals surface area contributed by atoms with Crippen molar-refractivity contribution in [1.29, 1.82) is 0 Å². The maximum Gasteiger partial charge on any atom is 0.297 e. The second kappa shape index (κ2) is 12.0. The van der Waals surface area contributed by atoms with Gasteiger partial charge in [-0.2, -0.15) is 8.42 Å². The lowest BCUT2D eigenvalue weighted by Crippen LogP contribution is -2.54. The summed E-state index contributed by atoms with van der Waals surface area (Å²) >= 11 is 0. The van der Waals surface area contributed by atoms with Crippen molar-refractivity contribution >= 4 is 45.1 Å². The van der Waals surface area contributed by atoms with E-state index in [2.05, 4.69) is 5.32 Å². The molecule has 0 aliphatic carbocycles. The van der Waals surface area contributed by atoms with Crippen molar-refractivity contribution in [3.63, 3.8) is 0 Å². The molecule has 3 aromatic rings. The highest BCUT2D eigenvalue weighted by Gasteiger charge is 2.44. The highest BCUT2D eigenvalue weighted by molar-refractivity contribution is 7.86. The van der Waals surface area contributed by atoms with Crippen molar-refractivity contribution in [2.24, 2.45) is 0 Å².